The van der Waals surface area contributed by atoms with E-state index < -0.39 is 12.2 Å². The van der Waals surface area contributed by atoms with Gasteiger partial charge in [-0.05, 0) is 42.2 Å². The van der Waals surface area contributed by atoms with Crippen molar-refractivity contribution in [1.82, 2.24) is 0 Å². The smallest absolute Gasteiger partial charge is 0.0936 e. The van der Waals surface area contributed by atoms with Gasteiger partial charge in [0.2, 0.25) is 0 Å². The SMILES string of the molecule is C=CC1(C)CC2=C(CC1C(=C)C)C(O)C=CC2O. The topological polar surface area (TPSA) is 40.5 Å². The zero-order valence-corrected chi connectivity index (χ0v) is 11.2. The molecular weight excluding hydrogens is 224 g/mol. The Morgan fingerprint density at radius 2 is 1.89 bits per heavy atom. The minimum atomic E-state index is -0.561. The number of hydrogen-bond donors (Lipinski definition) is 2. The van der Waals surface area contributed by atoms with Crippen molar-refractivity contribution >= 4 is 0 Å². The first-order chi connectivity index (χ1) is 8.39. The number of allylic oxidation sites excluding steroid dienone is 2. The lowest BCUT2D eigenvalue weighted by Gasteiger charge is -2.44. The Balaban J connectivity index is 2.43. The van der Waals surface area contributed by atoms with Crippen molar-refractivity contribution in [2.45, 2.75) is 38.9 Å². The normalized spacial score (nSPS) is 39.4. The largest absolute Gasteiger partial charge is 0.385 e. The molecule has 0 saturated heterocycles. The van der Waals surface area contributed by atoms with Gasteiger partial charge in [0.15, 0.2) is 0 Å². The van der Waals surface area contributed by atoms with Crippen LogP contribution < -0.4 is 0 Å². The quantitative estimate of drug-likeness (QED) is 0.736. The summed E-state index contributed by atoms with van der Waals surface area (Å²) in [4.78, 5) is 0. The van der Waals surface area contributed by atoms with E-state index >= 15 is 0 Å². The molecule has 18 heavy (non-hydrogen) atoms. The van der Waals surface area contributed by atoms with E-state index in [0.717, 1.165) is 29.6 Å². The zero-order chi connectivity index (χ0) is 13.5. The molecule has 0 saturated carbocycles. The zero-order valence-electron chi connectivity index (χ0n) is 11.2. The molecule has 0 bridgehead atoms. The summed E-state index contributed by atoms with van der Waals surface area (Å²) in [6, 6.07) is 0. The number of aliphatic hydroxyl groups excluding tert-OH is 2. The Kier molecular flexibility index (Phi) is 3.35. The van der Waals surface area contributed by atoms with E-state index in [-0.39, 0.29) is 11.3 Å². The Bertz CT molecular complexity index is 444. The van der Waals surface area contributed by atoms with Crippen LogP contribution >= 0.6 is 0 Å². The predicted molar refractivity (Wildman–Crippen MR) is 74.0 cm³/mol. The Morgan fingerprint density at radius 3 is 2.39 bits per heavy atom. The van der Waals surface area contributed by atoms with Gasteiger partial charge in [-0.1, -0.05) is 37.3 Å². The van der Waals surface area contributed by atoms with E-state index in [0.29, 0.717) is 0 Å². The van der Waals surface area contributed by atoms with Crippen LogP contribution in [0.15, 0.2) is 48.1 Å². The molecule has 4 unspecified atom stereocenters. The summed E-state index contributed by atoms with van der Waals surface area (Å²) in [6.45, 7) is 12.2. The molecule has 0 radical (unpaired) electrons. The van der Waals surface area contributed by atoms with Crippen LogP contribution in [-0.2, 0) is 0 Å². The van der Waals surface area contributed by atoms with E-state index in [1.807, 2.05) is 13.0 Å². The van der Waals surface area contributed by atoms with Gasteiger partial charge in [0.05, 0.1) is 12.2 Å². The molecule has 2 rings (SSSR count). The van der Waals surface area contributed by atoms with Gasteiger partial charge in [-0.3, -0.25) is 0 Å². The van der Waals surface area contributed by atoms with Crippen molar-refractivity contribution in [3.8, 4) is 0 Å². The van der Waals surface area contributed by atoms with Crippen molar-refractivity contribution in [3.05, 3.63) is 48.1 Å². The Hall–Kier alpha value is -1.12. The molecular formula is C16H22O2. The summed E-state index contributed by atoms with van der Waals surface area (Å²) in [6.07, 6.45) is 5.70. The summed E-state index contributed by atoms with van der Waals surface area (Å²) in [5.41, 5.74) is 2.96. The number of hydrogen-bond acceptors (Lipinski definition) is 2. The third-order valence-corrected chi connectivity index (χ3v) is 4.45. The van der Waals surface area contributed by atoms with Gasteiger partial charge in [0.1, 0.15) is 0 Å². The lowest BCUT2D eigenvalue weighted by Crippen LogP contribution is -2.37. The molecule has 0 aromatic carbocycles. The van der Waals surface area contributed by atoms with E-state index in [4.69, 9.17) is 0 Å². The van der Waals surface area contributed by atoms with Gasteiger partial charge in [-0.2, -0.15) is 0 Å². The molecule has 0 aliphatic heterocycles. The summed E-state index contributed by atoms with van der Waals surface area (Å²) >= 11 is 0. The van der Waals surface area contributed by atoms with Crippen LogP contribution in [0.2, 0.25) is 0 Å². The van der Waals surface area contributed by atoms with Crippen molar-refractivity contribution in [2.24, 2.45) is 11.3 Å². The number of rotatable bonds is 2. The van der Waals surface area contributed by atoms with Crippen LogP contribution in [0.25, 0.3) is 0 Å². The van der Waals surface area contributed by atoms with Crippen molar-refractivity contribution in [1.29, 1.82) is 0 Å². The highest BCUT2D eigenvalue weighted by Crippen LogP contribution is 2.49. The first-order valence-corrected chi connectivity index (χ1v) is 6.44. The van der Waals surface area contributed by atoms with E-state index in [9.17, 15) is 10.2 Å². The van der Waals surface area contributed by atoms with Gasteiger partial charge < -0.3 is 10.2 Å². The van der Waals surface area contributed by atoms with E-state index in [1.54, 1.807) is 12.2 Å². The van der Waals surface area contributed by atoms with Gasteiger partial charge >= 0.3 is 0 Å². The van der Waals surface area contributed by atoms with Gasteiger partial charge in [0, 0.05) is 0 Å². The average molecular weight is 246 g/mol. The predicted octanol–water partition coefficient (Wildman–Crippen LogP) is 2.75. The molecule has 0 heterocycles. The maximum Gasteiger partial charge on any atom is 0.0936 e. The first kappa shape index (κ1) is 13.3. The summed E-state index contributed by atoms with van der Waals surface area (Å²) in [7, 11) is 0. The summed E-state index contributed by atoms with van der Waals surface area (Å²) < 4.78 is 0. The third kappa shape index (κ3) is 2.00. The molecule has 2 N–H and O–H groups in total. The average Bonchev–Trinajstić information content (AvgIpc) is 2.33. The molecule has 2 heteroatoms. The molecule has 4 atom stereocenters. The Labute approximate surface area is 109 Å². The van der Waals surface area contributed by atoms with Crippen molar-refractivity contribution in [2.75, 3.05) is 0 Å². The monoisotopic (exact) mass is 246 g/mol. The molecule has 0 spiro atoms. The molecule has 98 valence electrons. The van der Waals surface area contributed by atoms with Crippen LogP contribution in [0.5, 0.6) is 0 Å². The van der Waals surface area contributed by atoms with Gasteiger partial charge in [-0.25, -0.2) is 0 Å². The van der Waals surface area contributed by atoms with Gasteiger partial charge in [-0.15, -0.1) is 6.58 Å². The van der Waals surface area contributed by atoms with Crippen LogP contribution in [0, 0.1) is 11.3 Å². The lowest BCUT2D eigenvalue weighted by atomic mass is 9.61. The van der Waals surface area contributed by atoms with Crippen LogP contribution in [0.1, 0.15) is 26.7 Å². The molecule has 2 nitrogen and oxygen atoms in total. The van der Waals surface area contributed by atoms with Crippen LogP contribution in [0.3, 0.4) is 0 Å². The van der Waals surface area contributed by atoms with E-state index in [2.05, 4.69) is 20.1 Å². The van der Waals surface area contributed by atoms with Crippen molar-refractivity contribution in [3.63, 3.8) is 0 Å². The highest BCUT2D eigenvalue weighted by Gasteiger charge is 2.41. The second kappa shape index (κ2) is 4.52. The maximum atomic E-state index is 10.1. The lowest BCUT2D eigenvalue weighted by molar-refractivity contribution is 0.170. The first-order valence-electron chi connectivity index (χ1n) is 6.44. The standard InChI is InChI=1S/C16H22O2/c1-5-16(4)9-12-11(8-13(16)10(2)3)14(17)6-7-15(12)18/h5-7,13-15,17-18H,1-2,8-9H2,3-4H3. The minimum Gasteiger partial charge on any atom is -0.385 e. The second-order valence-electron chi connectivity index (χ2n) is 5.81. The molecule has 0 amide bonds. The summed E-state index contributed by atoms with van der Waals surface area (Å²) in [5.74, 6) is 0.280. The van der Waals surface area contributed by atoms with Crippen molar-refractivity contribution < 1.29 is 10.2 Å². The van der Waals surface area contributed by atoms with E-state index in [1.165, 1.54) is 0 Å². The fraction of sp³-hybridized carbons (Fsp3) is 0.500. The molecule has 0 aromatic heterocycles. The third-order valence-electron chi connectivity index (χ3n) is 4.45. The molecule has 0 fully saturated rings. The fourth-order valence-electron chi connectivity index (χ4n) is 3.23. The van der Waals surface area contributed by atoms with Crippen LogP contribution in [0.4, 0.5) is 0 Å². The second-order valence-corrected chi connectivity index (χ2v) is 5.81. The molecule has 2 aliphatic carbocycles. The molecule has 0 aromatic rings. The van der Waals surface area contributed by atoms with Crippen LogP contribution in [-0.4, -0.2) is 22.4 Å². The fourth-order valence-corrected chi connectivity index (χ4v) is 3.23. The maximum absolute atomic E-state index is 10.1. The summed E-state index contributed by atoms with van der Waals surface area (Å²) in [5, 5.41) is 20.1. The minimum absolute atomic E-state index is 0.0868. The Morgan fingerprint density at radius 1 is 1.33 bits per heavy atom. The van der Waals surface area contributed by atoms with Gasteiger partial charge in [0.25, 0.3) is 0 Å². The highest BCUT2D eigenvalue weighted by atomic mass is 16.3. The number of aliphatic hydroxyl groups is 2. The highest BCUT2D eigenvalue weighted by molar-refractivity contribution is 5.39. The molecule has 2 aliphatic rings.